The van der Waals surface area contributed by atoms with Gasteiger partial charge in [-0.3, -0.25) is 9.59 Å². The Kier molecular flexibility index (Phi) is 5.66. The van der Waals surface area contributed by atoms with Crippen molar-refractivity contribution >= 4 is 11.9 Å². The fourth-order valence-electron chi connectivity index (χ4n) is 3.44. The van der Waals surface area contributed by atoms with Gasteiger partial charge in [0.2, 0.25) is 5.91 Å². The first-order valence-electron chi connectivity index (χ1n) is 8.93. The summed E-state index contributed by atoms with van der Waals surface area (Å²) in [4.78, 5) is 23.5. The molecule has 0 bridgehead atoms. The fraction of sp³-hybridized carbons (Fsp3) is 0.333. The van der Waals surface area contributed by atoms with Crippen LogP contribution in [-0.4, -0.2) is 11.9 Å². The van der Waals surface area contributed by atoms with Gasteiger partial charge < -0.3 is 10.5 Å². The average Bonchev–Trinajstić information content (AvgIpc) is 2.62. The van der Waals surface area contributed by atoms with Crippen molar-refractivity contribution in [2.75, 3.05) is 0 Å². The molecular weight excluding hydrogens is 333 g/mol. The van der Waals surface area contributed by atoms with Gasteiger partial charge in [-0.15, -0.1) is 0 Å². The maximum Gasteiger partial charge on any atom is 0.311 e. The Morgan fingerprint density at radius 1 is 1.04 bits per heavy atom. The lowest BCUT2D eigenvalue weighted by Crippen LogP contribution is -2.16. The van der Waals surface area contributed by atoms with Crippen molar-refractivity contribution in [3.63, 3.8) is 0 Å². The van der Waals surface area contributed by atoms with Gasteiger partial charge in [-0.1, -0.05) is 31.4 Å². The molecule has 0 heterocycles. The number of halogens is 1. The fourth-order valence-corrected chi connectivity index (χ4v) is 3.44. The minimum absolute atomic E-state index is 0.172. The molecular formula is C21H22FNO3. The van der Waals surface area contributed by atoms with Gasteiger partial charge in [0, 0.05) is 18.1 Å². The maximum atomic E-state index is 14.0. The molecule has 136 valence electrons. The predicted octanol–water partition coefficient (Wildman–Crippen LogP) is 4.47. The van der Waals surface area contributed by atoms with E-state index in [0.717, 1.165) is 25.7 Å². The highest BCUT2D eigenvalue weighted by Gasteiger charge is 2.18. The van der Waals surface area contributed by atoms with Crippen LogP contribution in [-0.2, 0) is 4.79 Å². The van der Waals surface area contributed by atoms with Crippen LogP contribution in [0.15, 0.2) is 42.5 Å². The number of ether oxygens (including phenoxy) is 1. The van der Waals surface area contributed by atoms with Gasteiger partial charge >= 0.3 is 5.97 Å². The van der Waals surface area contributed by atoms with Crippen LogP contribution < -0.4 is 10.5 Å². The molecule has 1 fully saturated rings. The molecule has 0 radical (unpaired) electrons. The minimum atomic E-state index is -0.553. The molecule has 1 saturated carbocycles. The number of amides is 1. The van der Waals surface area contributed by atoms with Crippen LogP contribution in [0, 0.1) is 11.7 Å². The van der Waals surface area contributed by atoms with E-state index in [1.807, 2.05) is 0 Å². The minimum Gasteiger partial charge on any atom is -0.426 e. The van der Waals surface area contributed by atoms with Gasteiger partial charge in [0.15, 0.2) is 0 Å². The topological polar surface area (TPSA) is 69.4 Å². The summed E-state index contributed by atoms with van der Waals surface area (Å²) in [5.74, 6) is -0.865. The first kappa shape index (κ1) is 18.1. The standard InChI is InChI=1S/C21H22FNO3/c22-18-11-17(15-7-4-8-16(10-15)21(23)25)12-19(13-18)26-20(24)9-14-5-2-1-3-6-14/h4,7-8,10-14H,1-3,5-6,9H2,(H2,23,25). The summed E-state index contributed by atoms with van der Waals surface area (Å²) < 4.78 is 19.4. The Bertz CT molecular complexity index is 813. The van der Waals surface area contributed by atoms with Gasteiger partial charge in [0.25, 0.3) is 0 Å². The highest BCUT2D eigenvalue weighted by atomic mass is 19.1. The lowest BCUT2D eigenvalue weighted by Gasteiger charge is -2.20. The molecule has 3 rings (SSSR count). The Morgan fingerprint density at radius 3 is 2.54 bits per heavy atom. The number of primary amides is 1. The van der Waals surface area contributed by atoms with Crippen LogP contribution in [0.2, 0.25) is 0 Å². The molecule has 5 heteroatoms. The van der Waals surface area contributed by atoms with Crippen LogP contribution in [0.3, 0.4) is 0 Å². The van der Waals surface area contributed by atoms with E-state index in [9.17, 15) is 14.0 Å². The van der Waals surface area contributed by atoms with Crippen molar-refractivity contribution in [2.24, 2.45) is 11.7 Å². The van der Waals surface area contributed by atoms with Crippen molar-refractivity contribution < 1.29 is 18.7 Å². The third-order valence-corrected chi connectivity index (χ3v) is 4.76. The molecule has 0 aliphatic heterocycles. The molecule has 0 spiro atoms. The predicted molar refractivity (Wildman–Crippen MR) is 97.2 cm³/mol. The van der Waals surface area contributed by atoms with Crippen molar-refractivity contribution in [1.82, 2.24) is 0 Å². The van der Waals surface area contributed by atoms with E-state index in [1.54, 1.807) is 30.3 Å². The van der Waals surface area contributed by atoms with Gasteiger partial charge in [0.05, 0.1) is 0 Å². The van der Waals surface area contributed by atoms with E-state index in [2.05, 4.69) is 0 Å². The molecule has 0 atom stereocenters. The molecule has 2 N–H and O–H groups in total. The zero-order valence-electron chi connectivity index (χ0n) is 14.5. The van der Waals surface area contributed by atoms with Crippen molar-refractivity contribution in [3.05, 3.63) is 53.8 Å². The zero-order chi connectivity index (χ0) is 18.5. The van der Waals surface area contributed by atoms with Crippen LogP contribution in [0.4, 0.5) is 4.39 Å². The molecule has 1 amide bonds. The number of carbonyl (C=O) groups excluding carboxylic acids is 2. The third-order valence-electron chi connectivity index (χ3n) is 4.76. The van der Waals surface area contributed by atoms with Crippen molar-refractivity contribution in [2.45, 2.75) is 38.5 Å². The summed E-state index contributed by atoms with van der Waals surface area (Å²) in [6, 6.07) is 10.7. The summed E-state index contributed by atoms with van der Waals surface area (Å²) in [6.07, 6.45) is 5.98. The Labute approximate surface area is 152 Å². The van der Waals surface area contributed by atoms with Gasteiger partial charge in [0.1, 0.15) is 11.6 Å². The van der Waals surface area contributed by atoms with Crippen LogP contribution in [0.5, 0.6) is 5.75 Å². The second kappa shape index (κ2) is 8.13. The largest absolute Gasteiger partial charge is 0.426 e. The number of nitrogens with two attached hydrogens (primary N) is 1. The molecule has 1 aliphatic rings. The van der Waals surface area contributed by atoms with E-state index < -0.39 is 11.7 Å². The number of hydrogen-bond acceptors (Lipinski definition) is 3. The van der Waals surface area contributed by atoms with E-state index in [1.165, 1.54) is 18.6 Å². The molecule has 0 unspecified atom stereocenters. The molecule has 1 aliphatic carbocycles. The van der Waals surface area contributed by atoms with Gasteiger partial charge in [-0.2, -0.15) is 0 Å². The highest BCUT2D eigenvalue weighted by molar-refractivity contribution is 5.94. The van der Waals surface area contributed by atoms with Gasteiger partial charge in [-0.25, -0.2) is 4.39 Å². The summed E-state index contributed by atoms with van der Waals surface area (Å²) in [6.45, 7) is 0. The maximum absolute atomic E-state index is 14.0. The monoisotopic (exact) mass is 355 g/mol. The number of esters is 1. The average molecular weight is 355 g/mol. The normalized spacial score (nSPS) is 14.8. The quantitative estimate of drug-likeness (QED) is 0.635. The molecule has 26 heavy (non-hydrogen) atoms. The van der Waals surface area contributed by atoms with Crippen LogP contribution >= 0.6 is 0 Å². The Balaban J connectivity index is 1.76. The molecule has 0 saturated heterocycles. The van der Waals surface area contributed by atoms with E-state index in [-0.39, 0.29) is 11.7 Å². The van der Waals surface area contributed by atoms with E-state index >= 15 is 0 Å². The van der Waals surface area contributed by atoms with Gasteiger partial charge in [-0.05, 0) is 54.2 Å². The summed E-state index contributed by atoms with van der Waals surface area (Å²) in [5.41, 5.74) is 6.78. The molecule has 4 nitrogen and oxygen atoms in total. The summed E-state index contributed by atoms with van der Waals surface area (Å²) in [5, 5.41) is 0. The van der Waals surface area contributed by atoms with Crippen LogP contribution in [0.25, 0.3) is 11.1 Å². The van der Waals surface area contributed by atoms with Crippen molar-refractivity contribution in [3.8, 4) is 16.9 Å². The van der Waals surface area contributed by atoms with E-state index in [4.69, 9.17) is 10.5 Å². The summed E-state index contributed by atoms with van der Waals surface area (Å²) >= 11 is 0. The zero-order valence-corrected chi connectivity index (χ0v) is 14.5. The first-order chi connectivity index (χ1) is 12.5. The second-order valence-corrected chi connectivity index (χ2v) is 6.80. The first-order valence-corrected chi connectivity index (χ1v) is 8.93. The SMILES string of the molecule is NC(=O)c1cccc(-c2cc(F)cc(OC(=O)CC3CCCCC3)c2)c1. The molecule has 0 aromatic heterocycles. The summed E-state index contributed by atoms with van der Waals surface area (Å²) in [7, 11) is 0. The van der Waals surface area contributed by atoms with Crippen molar-refractivity contribution in [1.29, 1.82) is 0 Å². The lowest BCUT2D eigenvalue weighted by molar-refractivity contribution is -0.135. The van der Waals surface area contributed by atoms with Crippen LogP contribution in [0.1, 0.15) is 48.9 Å². The highest BCUT2D eigenvalue weighted by Crippen LogP contribution is 2.29. The second-order valence-electron chi connectivity index (χ2n) is 6.80. The number of rotatable bonds is 5. The Hall–Kier alpha value is -2.69. The van der Waals surface area contributed by atoms with E-state index in [0.29, 0.717) is 29.0 Å². The molecule has 2 aromatic carbocycles. The lowest BCUT2D eigenvalue weighted by atomic mass is 9.87. The number of hydrogen-bond donors (Lipinski definition) is 1. The Morgan fingerprint density at radius 2 is 1.81 bits per heavy atom. The third kappa shape index (κ3) is 4.69. The molecule has 2 aromatic rings. The number of carbonyl (C=O) groups is 2. The number of benzene rings is 2. The smallest absolute Gasteiger partial charge is 0.311 e.